The van der Waals surface area contributed by atoms with Gasteiger partial charge in [0.15, 0.2) is 11.5 Å². The molecule has 0 aliphatic carbocycles. The molecule has 2 aromatic rings. The molecular formula is C6H4ClIN4. The van der Waals surface area contributed by atoms with Gasteiger partial charge in [0, 0.05) is 0 Å². The van der Waals surface area contributed by atoms with E-state index in [1.54, 1.807) is 16.6 Å². The highest BCUT2D eigenvalue weighted by atomic mass is 127. The number of rotatable bonds is 0. The van der Waals surface area contributed by atoms with Gasteiger partial charge in [-0.1, -0.05) is 11.6 Å². The summed E-state index contributed by atoms with van der Waals surface area (Å²) in [6, 6.07) is 3.45. The Balaban J connectivity index is 2.88. The van der Waals surface area contributed by atoms with Crippen molar-refractivity contribution in [1.82, 2.24) is 14.6 Å². The quantitative estimate of drug-likeness (QED) is 0.750. The van der Waals surface area contributed by atoms with E-state index in [1.807, 2.05) is 0 Å². The lowest BCUT2D eigenvalue weighted by molar-refractivity contribution is 0.915. The Bertz CT molecular complexity index is 438. The van der Waals surface area contributed by atoms with Gasteiger partial charge in [0.25, 0.3) is 0 Å². The highest BCUT2D eigenvalue weighted by molar-refractivity contribution is 14.1. The number of nitrogens with zero attached hydrogens (tertiary/aromatic N) is 3. The van der Waals surface area contributed by atoms with E-state index in [0.717, 1.165) is 3.70 Å². The van der Waals surface area contributed by atoms with E-state index < -0.39 is 0 Å². The minimum absolute atomic E-state index is 0.429. The van der Waals surface area contributed by atoms with Crippen LogP contribution in [0.4, 0.5) is 5.82 Å². The molecule has 0 aliphatic heterocycles. The SMILES string of the molecule is Nc1nc2ccc(Cl)nn2c1I. The average molecular weight is 294 g/mol. The lowest BCUT2D eigenvalue weighted by Gasteiger charge is -1.92. The van der Waals surface area contributed by atoms with E-state index >= 15 is 0 Å². The number of halogens is 2. The molecule has 0 saturated carbocycles. The van der Waals surface area contributed by atoms with Gasteiger partial charge in [-0.25, -0.2) is 9.50 Å². The number of fused-ring (bicyclic) bond motifs is 1. The first kappa shape index (κ1) is 8.06. The maximum absolute atomic E-state index is 5.70. The van der Waals surface area contributed by atoms with Crippen LogP contribution in [-0.2, 0) is 0 Å². The van der Waals surface area contributed by atoms with Crippen molar-refractivity contribution in [3.8, 4) is 0 Å². The molecule has 0 radical (unpaired) electrons. The molecule has 0 unspecified atom stereocenters. The minimum atomic E-state index is 0.429. The van der Waals surface area contributed by atoms with Crippen molar-refractivity contribution in [3.05, 3.63) is 21.0 Å². The van der Waals surface area contributed by atoms with Gasteiger partial charge in [0.1, 0.15) is 8.85 Å². The van der Waals surface area contributed by atoms with Crippen LogP contribution in [0.5, 0.6) is 0 Å². The average Bonchev–Trinajstić information content (AvgIpc) is 2.31. The summed E-state index contributed by atoms with van der Waals surface area (Å²) in [5.74, 6) is 0.477. The van der Waals surface area contributed by atoms with Crippen molar-refractivity contribution >= 4 is 45.7 Å². The Morgan fingerprint density at radius 2 is 2.25 bits per heavy atom. The second-order valence-electron chi connectivity index (χ2n) is 2.21. The molecule has 2 rings (SSSR count). The molecule has 0 aliphatic rings. The molecule has 0 amide bonds. The van der Waals surface area contributed by atoms with Crippen LogP contribution in [0.15, 0.2) is 12.1 Å². The van der Waals surface area contributed by atoms with Gasteiger partial charge in [-0.05, 0) is 34.7 Å². The topological polar surface area (TPSA) is 56.2 Å². The molecule has 2 aromatic heterocycles. The van der Waals surface area contributed by atoms with E-state index in [1.165, 1.54) is 0 Å². The summed E-state index contributed by atoms with van der Waals surface area (Å²) in [4.78, 5) is 4.07. The van der Waals surface area contributed by atoms with Crippen LogP contribution in [0.3, 0.4) is 0 Å². The highest BCUT2D eigenvalue weighted by Crippen LogP contribution is 2.16. The Hall–Kier alpha value is -0.560. The van der Waals surface area contributed by atoms with Crippen molar-refractivity contribution in [1.29, 1.82) is 0 Å². The molecule has 4 nitrogen and oxygen atoms in total. The lowest BCUT2D eigenvalue weighted by Crippen LogP contribution is -1.94. The Morgan fingerprint density at radius 3 is 3.00 bits per heavy atom. The first-order chi connectivity index (χ1) is 5.68. The highest BCUT2D eigenvalue weighted by Gasteiger charge is 2.06. The number of hydrogen-bond donors (Lipinski definition) is 1. The molecule has 6 heteroatoms. The smallest absolute Gasteiger partial charge is 0.158 e. The molecule has 0 spiro atoms. The monoisotopic (exact) mass is 294 g/mol. The van der Waals surface area contributed by atoms with Crippen molar-refractivity contribution in [3.63, 3.8) is 0 Å². The molecule has 0 fully saturated rings. The van der Waals surface area contributed by atoms with E-state index in [-0.39, 0.29) is 0 Å². The molecular weight excluding hydrogens is 290 g/mol. The van der Waals surface area contributed by atoms with Gasteiger partial charge < -0.3 is 5.73 Å². The lowest BCUT2D eigenvalue weighted by atomic mass is 10.6. The summed E-state index contributed by atoms with van der Waals surface area (Å²) in [5.41, 5.74) is 6.29. The predicted octanol–water partition coefficient (Wildman–Crippen LogP) is 1.57. The normalized spacial score (nSPS) is 10.8. The Morgan fingerprint density at radius 1 is 1.50 bits per heavy atom. The molecule has 0 saturated heterocycles. The van der Waals surface area contributed by atoms with E-state index in [4.69, 9.17) is 17.3 Å². The number of imidazole rings is 1. The van der Waals surface area contributed by atoms with Crippen molar-refractivity contribution in [2.45, 2.75) is 0 Å². The van der Waals surface area contributed by atoms with Crippen LogP contribution < -0.4 is 5.73 Å². The Labute approximate surface area is 86.9 Å². The fourth-order valence-corrected chi connectivity index (χ4v) is 1.52. The van der Waals surface area contributed by atoms with Gasteiger partial charge in [-0.3, -0.25) is 0 Å². The second kappa shape index (κ2) is 2.74. The van der Waals surface area contributed by atoms with E-state index in [0.29, 0.717) is 16.6 Å². The summed E-state index contributed by atoms with van der Waals surface area (Å²) < 4.78 is 2.39. The zero-order valence-electron chi connectivity index (χ0n) is 5.83. The molecule has 0 aromatic carbocycles. The molecule has 0 bridgehead atoms. The van der Waals surface area contributed by atoms with Crippen LogP contribution in [0.25, 0.3) is 5.65 Å². The zero-order valence-corrected chi connectivity index (χ0v) is 8.74. The van der Waals surface area contributed by atoms with Crippen LogP contribution >= 0.6 is 34.2 Å². The number of aromatic nitrogens is 3. The van der Waals surface area contributed by atoms with Crippen LogP contribution in [0, 0.1) is 3.70 Å². The molecule has 2 heterocycles. The van der Waals surface area contributed by atoms with E-state index in [9.17, 15) is 0 Å². The van der Waals surface area contributed by atoms with Gasteiger partial charge in [0.05, 0.1) is 0 Å². The van der Waals surface area contributed by atoms with Gasteiger partial charge >= 0.3 is 0 Å². The molecule has 2 N–H and O–H groups in total. The Kier molecular flexibility index (Phi) is 1.84. The van der Waals surface area contributed by atoms with Crippen LogP contribution in [-0.4, -0.2) is 14.6 Å². The first-order valence-corrected chi connectivity index (χ1v) is 4.60. The van der Waals surface area contributed by atoms with Crippen LogP contribution in [0.2, 0.25) is 5.15 Å². The predicted molar refractivity (Wildman–Crippen MR) is 55.1 cm³/mol. The van der Waals surface area contributed by atoms with Crippen molar-refractivity contribution < 1.29 is 0 Å². The number of hydrogen-bond acceptors (Lipinski definition) is 3. The standard InChI is InChI=1S/C6H4ClIN4/c7-3-1-2-4-10-6(9)5(8)12(4)11-3/h1-2H,9H2. The van der Waals surface area contributed by atoms with Gasteiger partial charge in [-0.2, -0.15) is 5.10 Å². The third kappa shape index (κ3) is 1.13. The minimum Gasteiger partial charge on any atom is -0.381 e. The fraction of sp³-hybridized carbons (Fsp3) is 0. The maximum atomic E-state index is 5.70. The molecule has 12 heavy (non-hydrogen) atoms. The number of nitrogen functional groups attached to an aromatic ring is 1. The molecule has 0 atom stereocenters. The van der Waals surface area contributed by atoms with Crippen molar-refractivity contribution in [2.75, 3.05) is 5.73 Å². The fourth-order valence-electron chi connectivity index (χ4n) is 0.901. The third-order valence-electron chi connectivity index (χ3n) is 1.41. The third-order valence-corrected chi connectivity index (χ3v) is 2.63. The summed E-state index contributed by atoms with van der Waals surface area (Å²) in [6.45, 7) is 0. The zero-order chi connectivity index (χ0) is 8.72. The van der Waals surface area contributed by atoms with Crippen LogP contribution in [0.1, 0.15) is 0 Å². The summed E-state index contributed by atoms with van der Waals surface area (Å²) in [6.07, 6.45) is 0. The summed E-state index contributed by atoms with van der Waals surface area (Å²) >= 11 is 7.76. The first-order valence-electron chi connectivity index (χ1n) is 3.15. The van der Waals surface area contributed by atoms with Crippen molar-refractivity contribution in [2.24, 2.45) is 0 Å². The maximum Gasteiger partial charge on any atom is 0.158 e. The molecule has 62 valence electrons. The van der Waals surface area contributed by atoms with E-state index in [2.05, 4.69) is 32.7 Å². The number of nitrogens with two attached hydrogens (primary N) is 1. The summed E-state index contributed by atoms with van der Waals surface area (Å²) in [5, 5.41) is 4.46. The number of anilines is 1. The summed E-state index contributed by atoms with van der Waals surface area (Å²) in [7, 11) is 0. The van der Waals surface area contributed by atoms with Gasteiger partial charge in [0.2, 0.25) is 0 Å². The second-order valence-corrected chi connectivity index (χ2v) is 3.62. The largest absolute Gasteiger partial charge is 0.381 e. The van der Waals surface area contributed by atoms with Gasteiger partial charge in [-0.15, -0.1) is 0 Å².